The lowest BCUT2D eigenvalue weighted by molar-refractivity contribution is -0.0691. The average molecular weight is 154 g/mol. The maximum absolute atomic E-state index is 9.10. The van der Waals surface area contributed by atoms with Gasteiger partial charge in [-0.15, -0.1) is 0 Å². The van der Waals surface area contributed by atoms with Crippen LogP contribution < -0.4 is 0 Å². The molecule has 0 saturated heterocycles. The van der Waals surface area contributed by atoms with Gasteiger partial charge in [0.2, 0.25) is 0 Å². The summed E-state index contributed by atoms with van der Waals surface area (Å²) in [6.45, 7) is 2.75. The predicted molar refractivity (Wildman–Crippen MR) is 45.2 cm³/mol. The molecule has 0 radical (unpaired) electrons. The highest BCUT2D eigenvalue weighted by Gasteiger charge is 2.47. The van der Waals surface area contributed by atoms with Crippen LogP contribution in [0.15, 0.2) is 0 Å². The van der Waals surface area contributed by atoms with Gasteiger partial charge in [-0.05, 0) is 36.5 Å². The van der Waals surface area contributed by atoms with Crippen molar-refractivity contribution >= 4 is 0 Å². The predicted octanol–water partition coefficient (Wildman–Crippen LogP) is 2.05. The first-order valence-corrected chi connectivity index (χ1v) is 4.95. The number of aliphatic hydroxyl groups excluding tert-OH is 1. The van der Waals surface area contributed by atoms with Crippen LogP contribution in [0.5, 0.6) is 0 Å². The Hall–Kier alpha value is -0.0400. The van der Waals surface area contributed by atoms with Crippen LogP contribution >= 0.6 is 0 Å². The van der Waals surface area contributed by atoms with Crippen molar-refractivity contribution in [3.63, 3.8) is 0 Å². The molecule has 11 heavy (non-hydrogen) atoms. The fourth-order valence-corrected chi connectivity index (χ4v) is 3.24. The van der Waals surface area contributed by atoms with E-state index in [4.69, 9.17) is 5.11 Å². The van der Waals surface area contributed by atoms with E-state index < -0.39 is 0 Å². The lowest BCUT2D eigenvalue weighted by atomic mass is 9.53. The van der Waals surface area contributed by atoms with E-state index in [0.29, 0.717) is 12.5 Å². The highest BCUT2D eigenvalue weighted by Crippen LogP contribution is 2.52. The van der Waals surface area contributed by atoms with Gasteiger partial charge in [0.1, 0.15) is 0 Å². The van der Waals surface area contributed by atoms with Gasteiger partial charge in [-0.3, -0.25) is 0 Å². The molecule has 2 saturated carbocycles. The summed E-state index contributed by atoms with van der Waals surface area (Å²) in [5.74, 6) is 3.33. The van der Waals surface area contributed by atoms with Gasteiger partial charge >= 0.3 is 0 Å². The molecule has 0 amide bonds. The maximum Gasteiger partial charge on any atom is 0.0464 e. The van der Waals surface area contributed by atoms with E-state index in [9.17, 15) is 0 Å². The van der Waals surface area contributed by atoms with Crippen LogP contribution in [0.2, 0.25) is 0 Å². The molecule has 0 aromatic carbocycles. The Morgan fingerprint density at radius 3 is 2.45 bits per heavy atom. The molecule has 0 bridgehead atoms. The van der Waals surface area contributed by atoms with Crippen LogP contribution in [0.4, 0.5) is 0 Å². The molecule has 0 spiro atoms. The van der Waals surface area contributed by atoms with Crippen molar-refractivity contribution in [3.8, 4) is 0 Å². The average Bonchev–Trinajstić information content (AvgIpc) is 2.05. The third-order valence-electron chi connectivity index (χ3n) is 3.99. The van der Waals surface area contributed by atoms with Gasteiger partial charge in [0, 0.05) is 6.61 Å². The van der Waals surface area contributed by atoms with Crippen LogP contribution in [-0.2, 0) is 0 Å². The molecule has 1 heteroatoms. The Morgan fingerprint density at radius 2 is 1.82 bits per heavy atom. The first-order valence-electron chi connectivity index (χ1n) is 4.95. The van der Waals surface area contributed by atoms with E-state index in [1.807, 2.05) is 0 Å². The number of aliphatic hydroxyl groups is 1. The van der Waals surface area contributed by atoms with E-state index in [2.05, 4.69) is 6.92 Å². The zero-order valence-electron chi connectivity index (χ0n) is 7.29. The minimum absolute atomic E-state index is 0.433. The molecule has 2 rings (SSSR count). The van der Waals surface area contributed by atoms with Crippen molar-refractivity contribution in [2.24, 2.45) is 23.7 Å². The van der Waals surface area contributed by atoms with Crippen molar-refractivity contribution in [1.82, 2.24) is 0 Å². The second-order valence-corrected chi connectivity index (χ2v) is 4.32. The zero-order valence-corrected chi connectivity index (χ0v) is 7.29. The molecule has 0 aromatic heterocycles. The molecule has 4 unspecified atom stereocenters. The molecule has 2 aliphatic carbocycles. The molecular weight excluding hydrogens is 136 g/mol. The highest BCUT2D eigenvalue weighted by atomic mass is 16.3. The van der Waals surface area contributed by atoms with Crippen LogP contribution in [0.3, 0.4) is 0 Å². The molecule has 4 atom stereocenters. The number of rotatable bonds is 1. The Labute approximate surface area is 68.8 Å². The monoisotopic (exact) mass is 154 g/mol. The van der Waals surface area contributed by atoms with Gasteiger partial charge in [0.25, 0.3) is 0 Å². The summed E-state index contributed by atoms with van der Waals surface area (Å²) < 4.78 is 0. The minimum atomic E-state index is 0.433. The lowest BCUT2D eigenvalue weighted by Gasteiger charge is -2.53. The second-order valence-electron chi connectivity index (χ2n) is 4.32. The molecule has 0 heterocycles. The largest absolute Gasteiger partial charge is 0.396 e. The molecular formula is C10H18O. The lowest BCUT2D eigenvalue weighted by Crippen LogP contribution is -2.48. The van der Waals surface area contributed by atoms with E-state index >= 15 is 0 Å². The van der Waals surface area contributed by atoms with E-state index in [1.165, 1.54) is 25.7 Å². The summed E-state index contributed by atoms with van der Waals surface area (Å²) in [6.07, 6.45) is 5.66. The quantitative estimate of drug-likeness (QED) is 0.613. The molecule has 1 N–H and O–H groups in total. The molecule has 1 nitrogen and oxygen atoms in total. The van der Waals surface area contributed by atoms with Gasteiger partial charge in [-0.25, -0.2) is 0 Å². The molecule has 0 aromatic rings. The fourth-order valence-electron chi connectivity index (χ4n) is 3.24. The number of hydrogen-bond acceptors (Lipinski definition) is 1. The van der Waals surface area contributed by atoms with Crippen LogP contribution in [-0.4, -0.2) is 11.7 Å². The van der Waals surface area contributed by atoms with Crippen molar-refractivity contribution in [1.29, 1.82) is 0 Å². The summed E-state index contributed by atoms with van der Waals surface area (Å²) in [7, 11) is 0. The topological polar surface area (TPSA) is 20.2 Å². The van der Waals surface area contributed by atoms with Crippen molar-refractivity contribution < 1.29 is 5.11 Å². The molecule has 64 valence electrons. The Kier molecular flexibility index (Phi) is 1.92. The smallest absolute Gasteiger partial charge is 0.0464 e. The first kappa shape index (κ1) is 7.60. The Balaban J connectivity index is 1.97. The maximum atomic E-state index is 9.10. The van der Waals surface area contributed by atoms with Crippen molar-refractivity contribution in [3.05, 3.63) is 0 Å². The third-order valence-corrected chi connectivity index (χ3v) is 3.99. The normalized spacial score (nSPS) is 49.6. The van der Waals surface area contributed by atoms with Crippen LogP contribution in [0.25, 0.3) is 0 Å². The number of hydrogen-bond donors (Lipinski definition) is 1. The van der Waals surface area contributed by atoms with Crippen molar-refractivity contribution in [2.75, 3.05) is 6.61 Å². The standard InChI is InChI=1S/C10H18O/c1-7-8-4-2-3-5-9(8)10(7)6-11/h7-11H,2-6H2,1H3. The zero-order chi connectivity index (χ0) is 7.84. The summed E-state index contributed by atoms with van der Waals surface area (Å²) >= 11 is 0. The van der Waals surface area contributed by atoms with Gasteiger partial charge in [0.15, 0.2) is 0 Å². The fraction of sp³-hybridized carbons (Fsp3) is 1.00. The first-order chi connectivity index (χ1) is 5.34. The third kappa shape index (κ3) is 1.01. The van der Waals surface area contributed by atoms with Gasteiger partial charge in [-0.2, -0.15) is 0 Å². The summed E-state index contributed by atoms with van der Waals surface area (Å²) in [6, 6.07) is 0. The van der Waals surface area contributed by atoms with E-state index in [0.717, 1.165) is 17.8 Å². The van der Waals surface area contributed by atoms with E-state index in [-0.39, 0.29) is 0 Å². The summed E-state index contributed by atoms with van der Waals surface area (Å²) in [5, 5.41) is 9.10. The SMILES string of the molecule is CC1C(CO)C2CCCCC12. The van der Waals surface area contributed by atoms with Gasteiger partial charge in [0.05, 0.1) is 0 Å². The van der Waals surface area contributed by atoms with Crippen LogP contribution in [0.1, 0.15) is 32.6 Å². The van der Waals surface area contributed by atoms with Crippen molar-refractivity contribution in [2.45, 2.75) is 32.6 Å². The highest BCUT2D eigenvalue weighted by molar-refractivity contribution is 4.96. The molecule has 2 aliphatic rings. The van der Waals surface area contributed by atoms with E-state index in [1.54, 1.807) is 0 Å². The summed E-state index contributed by atoms with van der Waals surface area (Å²) in [4.78, 5) is 0. The second kappa shape index (κ2) is 2.78. The molecule has 0 aliphatic heterocycles. The number of fused-ring (bicyclic) bond motifs is 1. The summed E-state index contributed by atoms with van der Waals surface area (Å²) in [5.41, 5.74) is 0. The van der Waals surface area contributed by atoms with Gasteiger partial charge in [-0.1, -0.05) is 19.8 Å². The van der Waals surface area contributed by atoms with Gasteiger partial charge < -0.3 is 5.11 Å². The minimum Gasteiger partial charge on any atom is -0.396 e. The molecule has 2 fully saturated rings. The van der Waals surface area contributed by atoms with Crippen LogP contribution in [0, 0.1) is 23.7 Å². The Bertz CT molecular complexity index is 138. The Morgan fingerprint density at radius 1 is 1.18 bits per heavy atom.